The zero-order valence-electron chi connectivity index (χ0n) is 16.9. The van der Waals surface area contributed by atoms with Crippen molar-refractivity contribution in [2.75, 3.05) is 13.7 Å². The van der Waals surface area contributed by atoms with Crippen molar-refractivity contribution in [2.45, 2.75) is 25.2 Å². The molecule has 3 aromatic heterocycles. The lowest BCUT2D eigenvalue weighted by atomic mass is 10.1. The fourth-order valence-corrected chi connectivity index (χ4v) is 3.52. The quantitative estimate of drug-likeness (QED) is 0.579. The Morgan fingerprint density at radius 3 is 2.72 bits per heavy atom. The highest BCUT2D eigenvalue weighted by Crippen LogP contribution is 2.46. The SMILES string of the molecule is COc1ccc([C@H]2C[C@@H]2COc2cc(CCc3ccnn3C)c(=O)n(C)n2)nc1. The second kappa shape index (κ2) is 8.06. The monoisotopic (exact) mass is 395 g/mol. The molecule has 0 amide bonds. The Bertz CT molecular complexity index is 1040. The molecule has 4 rings (SSSR count). The maximum absolute atomic E-state index is 12.4. The Hall–Kier alpha value is -3.16. The van der Waals surface area contributed by atoms with E-state index in [0.717, 1.165) is 30.0 Å². The summed E-state index contributed by atoms with van der Waals surface area (Å²) in [7, 11) is 5.19. The maximum atomic E-state index is 12.4. The van der Waals surface area contributed by atoms with E-state index in [4.69, 9.17) is 9.47 Å². The van der Waals surface area contributed by atoms with Crippen molar-refractivity contribution < 1.29 is 9.47 Å². The summed E-state index contributed by atoms with van der Waals surface area (Å²) in [5.41, 5.74) is 2.75. The summed E-state index contributed by atoms with van der Waals surface area (Å²) < 4.78 is 14.3. The van der Waals surface area contributed by atoms with E-state index >= 15 is 0 Å². The summed E-state index contributed by atoms with van der Waals surface area (Å²) in [5.74, 6) is 2.06. The van der Waals surface area contributed by atoms with Crippen LogP contribution in [-0.4, -0.2) is 38.3 Å². The number of hydrogen-bond donors (Lipinski definition) is 0. The number of aryl methyl sites for hydroxylation is 4. The molecule has 1 fully saturated rings. The molecule has 0 N–H and O–H groups in total. The summed E-state index contributed by atoms with van der Waals surface area (Å²) in [6.07, 6.45) is 5.90. The number of hydrogen-bond acceptors (Lipinski definition) is 6. The Balaban J connectivity index is 1.37. The van der Waals surface area contributed by atoms with Gasteiger partial charge in [0.25, 0.3) is 5.56 Å². The molecule has 1 aliphatic rings. The van der Waals surface area contributed by atoms with Crippen LogP contribution in [0.3, 0.4) is 0 Å². The second-order valence-corrected chi connectivity index (χ2v) is 7.42. The smallest absolute Gasteiger partial charge is 0.269 e. The van der Waals surface area contributed by atoms with Crippen LogP contribution in [0.1, 0.15) is 29.3 Å². The Labute approximate surface area is 169 Å². The van der Waals surface area contributed by atoms with Crippen molar-refractivity contribution in [3.8, 4) is 11.6 Å². The molecule has 2 atom stereocenters. The van der Waals surface area contributed by atoms with E-state index in [2.05, 4.69) is 15.2 Å². The fraction of sp³-hybridized carbons (Fsp3) is 0.429. The van der Waals surface area contributed by atoms with Crippen LogP contribution in [0.25, 0.3) is 0 Å². The van der Waals surface area contributed by atoms with Gasteiger partial charge >= 0.3 is 0 Å². The standard InChI is InChI=1S/C21H25N5O3/c1-25-16(8-9-23-25)5-4-14-11-20(24-26(2)21(14)27)29-13-15-10-18(15)19-7-6-17(28-3)12-22-19/h6-9,11-12,15,18H,4-5,10,13H2,1-3H3/t15-,18+/m1/s1. The third-order valence-corrected chi connectivity index (χ3v) is 5.43. The highest BCUT2D eigenvalue weighted by Gasteiger charge is 2.40. The van der Waals surface area contributed by atoms with Crippen LogP contribution in [0.5, 0.6) is 11.6 Å². The largest absolute Gasteiger partial charge is 0.495 e. The summed E-state index contributed by atoms with van der Waals surface area (Å²) in [5, 5.41) is 8.42. The van der Waals surface area contributed by atoms with Gasteiger partial charge in [0, 0.05) is 55.1 Å². The molecular weight excluding hydrogens is 370 g/mol. The van der Waals surface area contributed by atoms with E-state index in [9.17, 15) is 4.79 Å². The van der Waals surface area contributed by atoms with Crippen molar-refractivity contribution in [1.29, 1.82) is 0 Å². The molecule has 29 heavy (non-hydrogen) atoms. The molecule has 0 aliphatic heterocycles. The minimum absolute atomic E-state index is 0.0914. The van der Waals surface area contributed by atoms with E-state index in [1.165, 1.54) is 4.68 Å². The molecule has 0 saturated heterocycles. The van der Waals surface area contributed by atoms with Crippen molar-refractivity contribution in [3.05, 3.63) is 64.0 Å². The van der Waals surface area contributed by atoms with Crippen molar-refractivity contribution >= 4 is 0 Å². The topological polar surface area (TPSA) is 84.1 Å². The van der Waals surface area contributed by atoms with Gasteiger partial charge in [-0.1, -0.05) is 0 Å². The number of ether oxygens (including phenoxy) is 2. The van der Waals surface area contributed by atoms with E-state index < -0.39 is 0 Å². The molecule has 0 spiro atoms. The lowest BCUT2D eigenvalue weighted by Gasteiger charge is -2.09. The molecular formula is C21H25N5O3. The van der Waals surface area contributed by atoms with Gasteiger partial charge in [0.1, 0.15) is 5.75 Å². The van der Waals surface area contributed by atoms with Crippen LogP contribution in [-0.2, 0) is 26.9 Å². The molecule has 8 heteroatoms. The number of aromatic nitrogens is 5. The molecule has 0 aromatic carbocycles. The molecule has 1 aliphatic carbocycles. The van der Waals surface area contributed by atoms with Gasteiger partial charge in [-0.25, -0.2) is 4.68 Å². The lowest BCUT2D eigenvalue weighted by Crippen LogP contribution is -2.24. The van der Waals surface area contributed by atoms with E-state index in [-0.39, 0.29) is 5.56 Å². The minimum Gasteiger partial charge on any atom is -0.495 e. The number of pyridine rings is 1. The third-order valence-electron chi connectivity index (χ3n) is 5.43. The van der Waals surface area contributed by atoms with Crippen LogP contribution in [0, 0.1) is 5.92 Å². The zero-order valence-corrected chi connectivity index (χ0v) is 16.9. The van der Waals surface area contributed by atoms with Gasteiger partial charge in [-0.15, -0.1) is 5.10 Å². The van der Waals surface area contributed by atoms with Gasteiger partial charge in [0.15, 0.2) is 0 Å². The summed E-state index contributed by atoms with van der Waals surface area (Å²) in [4.78, 5) is 16.9. The van der Waals surface area contributed by atoms with Crippen LogP contribution in [0.15, 0.2) is 41.5 Å². The van der Waals surface area contributed by atoms with Crippen LogP contribution >= 0.6 is 0 Å². The lowest BCUT2D eigenvalue weighted by molar-refractivity contribution is 0.277. The van der Waals surface area contributed by atoms with Gasteiger partial charge in [-0.2, -0.15) is 5.10 Å². The van der Waals surface area contributed by atoms with Crippen molar-refractivity contribution in [1.82, 2.24) is 24.5 Å². The third kappa shape index (κ3) is 4.31. The predicted octanol–water partition coefficient (Wildman–Crippen LogP) is 1.89. The molecule has 3 aromatic rings. The average Bonchev–Trinajstić information content (AvgIpc) is 3.40. The van der Waals surface area contributed by atoms with Crippen molar-refractivity contribution in [2.24, 2.45) is 20.0 Å². The Morgan fingerprint density at radius 2 is 2.03 bits per heavy atom. The van der Waals surface area contributed by atoms with Crippen LogP contribution < -0.4 is 15.0 Å². The first-order chi connectivity index (χ1) is 14.0. The van der Waals surface area contributed by atoms with Gasteiger partial charge in [0.2, 0.25) is 5.88 Å². The molecule has 0 unspecified atom stereocenters. The van der Waals surface area contributed by atoms with E-state index in [1.807, 2.05) is 29.9 Å². The summed E-state index contributed by atoms with van der Waals surface area (Å²) in [6.45, 7) is 0.560. The normalized spacial score (nSPS) is 17.9. The molecule has 0 bridgehead atoms. The first-order valence-electron chi connectivity index (χ1n) is 9.72. The summed E-state index contributed by atoms with van der Waals surface area (Å²) in [6, 6.07) is 7.66. The van der Waals surface area contributed by atoms with E-state index in [0.29, 0.717) is 36.3 Å². The van der Waals surface area contributed by atoms with Gasteiger partial charge in [-0.3, -0.25) is 14.5 Å². The number of nitrogens with zero attached hydrogens (tertiary/aromatic N) is 5. The molecule has 1 saturated carbocycles. The Morgan fingerprint density at radius 1 is 1.17 bits per heavy atom. The summed E-state index contributed by atoms with van der Waals surface area (Å²) >= 11 is 0. The maximum Gasteiger partial charge on any atom is 0.269 e. The van der Waals surface area contributed by atoms with Crippen molar-refractivity contribution in [3.63, 3.8) is 0 Å². The number of rotatable bonds is 8. The first kappa shape index (κ1) is 19.2. The van der Waals surface area contributed by atoms with Crippen LogP contribution in [0.4, 0.5) is 0 Å². The Kier molecular flexibility index (Phi) is 5.33. The van der Waals surface area contributed by atoms with Crippen LogP contribution in [0.2, 0.25) is 0 Å². The van der Waals surface area contributed by atoms with Gasteiger partial charge < -0.3 is 9.47 Å². The fourth-order valence-electron chi connectivity index (χ4n) is 3.52. The molecule has 8 nitrogen and oxygen atoms in total. The predicted molar refractivity (Wildman–Crippen MR) is 107 cm³/mol. The molecule has 152 valence electrons. The average molecular weight is 395 g/mol. The minimum atomic E-state index is -0.0914. The van der Waals surface area contributed by atoms with Gasteiger partial charge in [-0.05, 0) is 37.5 Å². The van der Waals surface area contributed by atoms with Gasteiger partial charge in [0.05, 0.1) is 19.9 Å². The number of methoxy groups -OCH3 is 1. The second-order valence-electron chi connectivity index (χ2n) is 7.42. The highest BCUT2D eigenvalue weighted by molar-refractivity contribution is 5.25. The highest BCUT2D eigenvalue weighted by atomic mass is 16.5. The first-order valence-corrected chi connectivity index (χ1v) is 9.72. The zero-order chi connectivity index (χ0) is 20.4. The van der Waals surface area contributed by atoms with E-state index in [1.54, 1.807) is 32.6 Å². The molecule has 0 radical (unpaired) electrons. The molecule has 3 heterocycles.